The van der Waals surface area contributed by atoms with E-state index < -0.39 is 0 Å². The SMILES string of the molecule is Cc1ccc(N2CCC(N3C(=O)[C@@H]4CCCN4C3=O)CC2)nc1. The molecule has 4 rings (SSSR count). The topological polar surface area (TPSA) is 56.8 Å². The second-order valence-corrected chi connectivity index (χ2v) is 6.75. The molecule has 3 fully saturated rings. The number of nitrogens with zero attached hydrogens (tertiary/aromatic N) is 4. The van der Waals surface area contributed by atoms with Crippen molar-refractivity contribution in [2.75, 3.05) is 24.5 Å². The van der Waals surface area contributed by atoms with Crippen molar-refractivity contribution in [3.05, 3.63) is 23.9 Å². The molecule has 0 N–H and O–H groups in total. The third kappa shape index (κ3) is 2.36. The minimum Gasteiger partial charge on any atom is -0.356 e. The Balaban J connectivity index is 1.43. The molecule has 1 atom stereocenters. The summed E-state index contributed by atoms with van der Waals surface area (Å²) in [6.07, 6.45) is 5.31. The minimum absolute atomic E-state index is 0.0272. The number of amides is 3. The van der Waals surface area contributed by atoms with E-state index in [-0.39, 0.29) is 24.0 Å². The normalized spacial score (nSPS) is 25.4. The van der Waals surface area contributed by atoms with Crippen LogP contribution >= 0.6 is 0 Å². The van der Waals surface area contributed by atoms with Crippen LogP contribution in [0.15, 0.2) is 18.3 Å². The predicted octanol–water partition coefficient (Wildman–Crippen LogP) is 1.79. The van der Waals surface area contributed by atoms with Crippen molar-refractivity contribution in [2.45, 2.75) is 44.7 Å². The first-order valence-corrected chi connectivity index (χ1v) is 8.46. The number of carbonyl (C=O) groups is 2. The number of anilines is 1. The summed E-state index contributed by atoms with van der Waals surface area (Å²) >= 11 is 0. The average molecular weight is 314 g/mol. The van der Waals surface area contributed by atoms with Gasteiger partial charge in [0.15, 0.2) is 0 Å². The highest BCUT2D eigenvalue weighted by Crippen LogP contribution is 2.31. The van der Waals surface area contributed by atoms with Gasteiger partial charge in [0.2, 0.25) is 0 Å². The molecular weight excluding hydrogens is 292 g/mol. The maximum Gasteiger partial charge on any atom is 0.327 e. The van der Waals surface area contributed by atoms with Crippen LogP contribution in [-0.2, 0) is 4.79 Å². The zero-order valence-electron chi connectivity index (χ0n) is 13.4. The molecule has 122 valence electrons. The van der Waals surface area contributed by atoms with Gasteiger partial charge < -0.3 is 9.80 Å². The third-order valence-corrected chi connectivity index (χ3v) is 5.28. The largest absolute Gasteiger partial charge is 0.356 e. The fourth-order valence-electron chi connectivity index (χ4n) is 3.98. The van der Waals surface area contributed by atoms with Gasteiger partial charge in [0, 0.05) is 31.9 Å². The van der Waals surface area contributed by atoms with Crippen LogP contribution in [0.2, 0.25) is 0 Å². The number of aromatic nitrogens is 1. The van der Waals surface area contributed by atoms with Gasteiger partial charge in [-0.15, -0.1) is 0 Å². The van der Waals surface area contributed by atoms with E-state index >= 15 is 0 Å². The Bertz CT molecular complexity index is 600. The number of hydrogen-bond donors (Lipinski definition) is 0. The van der Waals surface area contributed by atoms with Crippen molar-refractivity contribution in [3.8, 4) is 0 Å². The number of urea groups is 1. The average Bonchev–Trinajstić information content (AvgIpc) is 3.13. The molecule has 0 radical (unpaired) electrons. The van der Waals surface area contributed by atoms with Crippen LogP contribution in [-0.4, -0.2) is 58.4 Å². The van der Waals surface area contributed by atoms with E-state index in [0.29, 0.717) is 0 Å². The molecule has 6 heteroatoms. The second-order valence-electron chi connectivity index (χ2n) is 6.75. The summed E-state index contributed by atoms with van der Waals surface area (Å²) in [4.78, 5) is 35.0. The lowest BCUT2D eigenvalue weighted by molar-refractivity contribution is -0.129. The molecule has 0 aromatic carbocycles. The monoisotopic (exact) mass is 314 g/mol. The molecule has 3 aliphatic rings. The Hall–Kier alpha value is -2.11. The number of rotatable bonds is 2. The smallest absolute Gasteiger partial charge is 0.327 e. The zero-order chi connectivity index (χ0) is 16.0. The lowest BCUT2D eigenvalue weighted by Gasteiger charge is -2.36. The summed E-state index contributed by atoms with van der Waals surface area (Å²) < 4.78 is 0. The number of carbonyl (C=O) groups excluding carboxylic acids is 2. The molecule has 1 aromatic rings. The van der Waals surface area contributed by atoms with Crippen LogP contribution in [0.3, 0.4) is 0 Å². The van der Waals surface area contributed by atoms with Crippen molar-refractivity contribution in [1.29, 1.82) is 0 Å². The molecule has 3 saturated heterocycles. The number of aryl methyl sites for hydroxylation is 1. The van der Waals surface area contributed by atoms with Gasteiger partial charge in [-0.1, -0.05) is 6.07 Å². The molecule has 1 aromatic heterocycles. The molecule has 0 saturated carbocycles. The number of piperidine rings is 1. The fourth-order valence-corrected chi connectivity index (χ4v) is 3.98. The highest BCUT2D eigenvalue weighted by atomic mass is 16.2. The van der Waals surface area contributed by atoms with Gasteiger partial charge in [-0.3, -0.25) is 9.69 Å². The standard InChI is InChI=1S/C17H22N4O2/c1-12-4-5-15(18-11-12)19-9-6-13(7-10-19)21-16(22)14-3-2-8-20(14)17(21)23/h4-5,11,13-14H,2-3,6-10H2,1H3/t14-/m0/s1. The lowest BCUT2D eigenvalue weighted by atomic mass is 10.0. The third-order valence-electron chi connectivity index (χ3n) is 5.28. The Morgan fingerprint density at radius 2 is 1.87 bits per heavy atom. The van der Waals surface area contributed by atoms with Crippen molar-refractivity contribution in [2.24, 2.45) is 0 Å². The Labute approximate surface area is 136 Å². The highest BCUT2D eigenvalue weighted by Gasteiger charge is 2.50. The maximum atomic E-state index is 12.5. The zero-order valence-corrected chi connectivity index (χ0v) is 13.4. The molecule has 4 heterocycles. The first kappa shape index (κ1) is 14.5. The van der Waals surface area contributed by atoms with Crippen LogP contribution < -0.4 is 4.90 Å². The highest BCUT2D eigenvalue weighted by molar-refractivity contribution is 6.04. The first-order chi connectivity index (χ1) is 11.1. The predicted molar refractivity (Wildman–Crippen MR) is 86.2 cm³/mol. The summed E-state index contributed by atoms with van der Waals surface area (Å²) in [6.45, 7) is 4.43. The van der Waals surface area contributed by atoms with Gasteiger partial charge in [0.05, 0.1) is 0 Å². The molecule has 3 aliphatic heterocycles. The van der Waals surface area contributed by atoms with Crippen molar-refractivity contribution >= 4 is 17.8 Å². The quantitative estimate of drug-likeness (QED) is 0.781. The van der Waals surface area contributed by atoms with Gasteiger partial charge >= 0.3 is 6.03 Å². The first-order valence-electron chi connectivity index (χ1n) is 8.46. The summed E-state index contributed by atoms with van der Waals surface area (Å²) in [5.41, 5.74) is 1.15. The van der Waals surface area contributed by atoms with Gasteiger partial charge in [0.25, 0.3) is 5.91 Å². The van der Waals surface area contributed by atoms with E-state index in [1.807, 2.05) is 19.2 Å². The van der Waals surface area contributed by atoms with Crippen LogP contribution in [0.5, 0.6) is 0 Å². The van der Waals surface area contributed by atoms with Crippen LogP contribution in [0, 0.1) is 6.92 Å². The Morgan fingerprint density at radius 3 is 2.52 bits per heavy atom. The summed E-state index contributed by atoms with van der Waals surface area (Å²) in [6, 6.07) is 3.90. The number of imide groups is 1. The fraction of sp³-hybridized carbons (Fsp3) is 0.588. The van der Waals surface area contributed by atoms with Crippen molar-refractivity contribution < 1.29 is 9.59 Å². The number of hydrogen-bond acceptors (Lipinski definition) is 4. The van der Waals surface area contributed by atoms with E-state index in [2.05, 4.69) is 16.0 Å². The maximum absolute atomic E-state index is 12.5. The number of fused-ring (bicyclic) bond motifs is 1. The molecule has 3 amide bonds. The van der Waals surface area contributed by atoms with Crippen molar-refractivity contribution in [3.63, 3.8) is 0 Å². The van der Waals surface area contributed by atoms with E-state index in [1.165, 1.54) is 0 Å². The lowest BCUT2D eigenvalue weighted by Crippen LogP contribution is -2.48. The van der Waals surface area contributed by atoms with Crippen LogP contribution in [0.1, 0.15) is 31.2 Å². The van der Waals surface area contributed by atoms with Gasteiger partial charge in [-0.05, 0) is 44.2 Å². The van der Waals surface area contributed by atoms with E-state index in [0.717, 1.165) is 56.7 Å². The summed E-state index contributed by atoms with van der Waals surface area (Å²) in [5.74, 6) is 1.01. The Kier molecular flexibility index (Phi) is 3.47. The van der Waals surface area contributed by atoms with Gasteiger partial charge in [0.1, 0.15) is 11.9 Å². The molecule has 23 heavy (non-hydrogen) atoms. The van der Waals surface area contributed by atoms with Crippen molar-refractivity contribution in [1.82, 2.24) is 14.8 Å². The molecule has 0 aliphatic carbocycles. The molecule has 0 bridgehead atoms. The summed E-state index contributed by atoms with van der Waals surface area (Å²) in [5, 5.41) is 0. The van der Waals surface area contributed by atoms with Crippen LogP contribution in [0.25, 0.3) is 0 Å². The van der Waals surface area contributed by atoms with Gasteiger partial charge in [-0.25, -0.2) is 9.78 Å². The summed E-state index contributed by atoms with van der Waals surface area (Å²) in [7, 11) is 0. The molecule has 0 unspecified atom stereocenters. The molecular formula is C17H22N4O2. The number of pyridine rings is 1. The Morgan fingerprint density at radius 1 is 1.09 bits per heavy atom. The van der Waals surface area contributed by atoms with E-state index in [9.17, 15) is 9.59 Å². The minimum atomic E-state index is -0.181. The molecule has 0 spiro atoms. The van der Waals surface area contributed by atoms with Gasteiger partial charge in [-0.2, -0.15) is 0 Å². The van der Waals surface area contributed by atoms with E-state index in [1.54, 1.807) is 9.80 Å². The second kappa shape index (κ2) is 5.51. The molecule has 6 nitrogen and oxygen atoms in total. The van der Waals surface area contributed by atoms with Crippen LogP contribution in [0.4, 0.5) is 10.6 Å². The van der Waals surface area contributed by atoms with E-state index in [4.69, 9.17) is 0 Å².